The van der Waals surface area contributed by atoms with E-state index in [9.17, 15) is 10.1 Å². The van der Waals surface area contributed by atoms with Gasteiger partial charge in [-0.05, 0) is 42.7 Å². The van der Waals surface area contributed by atoms with Crippen LogP contribution in [0.15, 0.2) is 66.7 Å². The molecule has 0 unspecified atom stereocenters. The molecule has 4 heteroatoms. The maximum absolute atomic E-state index is 12.8. The molecule has 28 heavy (non-hydrogen) atoms. The van der Waals surface area contributed by atoms with Crippen molar-refractivity contribution in [3.63, 3.8) is 0 Å². The number of carbonyl (C=O) groups is 1. The van der Waals surface area contributed by atoms with E-state index in [1.165, 1.54) is 0 Å². The number of carbonyl (C=O) groups excluding carboxylic acids is 1. The van der Waals surface area contributed by atoms with Gasteiger partial charge in [0.05, 0.1) is 18.7 Å². The molecule has 3 aromatic carbocycles. The predicted octanol–water partition coefficient (Wildman–Crippen LogP) is 4.51. The molecule has 4 nitrogen and oxygen atoms in total. The average molecular weight is 370 g/mol. The van der Waals surface area contributed by atoms with Gasteiger partial charge in [0.2, 0.25) is 0 Å². The molecule has 0 heterocycles. The Morgan fingerprint density at radius 1 is 1.04 bits per heavy atom. The number of hydrogen-bond donors (Lipinski definition) is 1. The fraction of sp³-hybridized carbons (Fsp3) is 0.167. The minimum atomic E-state index is -0.157. The summed E-state index contributed by atoms with van der Waals surface area (Å²) in [6.45, 7) is 2.53. The topological polar surface area (TPSA) is 62.1 Å². The fourth-order valence-electron chi connectivity index (χ4n) is 3.24. The van der Waals surface area contributed by atoms with E-state index in [1.54, 1.807) is 19.2 Å². The second kappa shape index (κ2) is 8.88. The van der Waals surface area contributed by atoms with Crippen LogP contribution in [-0.2, 0) is 6.42 Å². The number of amides is 1. The molecule has 140 valence electrons. The van der Waals surface area contributed by atoms with Crippen molar-refractivity contribution < 1.29 is 9.53 Å². The van der Waals surface area contributed by atoms with Gasteiger partial charge < -0.3 is 10.1 Å². The van der Waals surface area contributed by atoms with Crippen molar-refractivity contribution in [2.24, 2.45) is 0 Å². The third kappa shape index (κ3) is 4.21. The van der Waals surface area contributed by atoms with Crippen LogP contribution in [0.3, 0.4) is 0 Å². The average Bonchev–Trinajstić information content (AvgIpc) is 2.73. The van der Waals surface area contributed by atoms with E-state index in [0.29, 0.717) is 24.1 Å². The van der Waals surface area contributed by atoms with Crippen LogP contribution in [0.25, 0.3) is 11.1 Å². The highest BCUT2D eigenvalue weighted by Gasteiger charge is 2.14. The third-order valence-corrected chi connectivity index (χ3v) is 4.63. The minimum Gasteiger partial charge on any atom is -0.496 e. The number of nitrogens with one attached hydrogen (secondary N) is 1. The molecule has 3 aromatic rings. The van der Waals surface area contributed by atoms with Crippen LogP contribution in [0.1, 0.15) is 27.0 Å². The lowest BCUT2D eigenvalue weighted by atomic mass is 9.95. The van der Waals surface area contributed by atoms with Gasteiger partial charge in [-0.25, -0.2) is 0 Å². The first-order valence-corrected chi connectivity index (χ1v) is 9.14. The molecule has 0 saturated carbocycles. The van der Waals surface area contributed by atoms with Crippen molar-refractivity contribution in [3.8, 4) is 22.9 Å². The zero-order chi connectivity index (χ0) is 19.9. The number of benzene rings is 3. The summed E-state index contributed by atoms with van der Waals surface area (Å²) in [5.74, 6) is 0.665. The van der Waals surface area contributed by atoms with Gasteiger partial charge in [0.1, 0.15) is 5.75 Å². The SMILES string of the molecule is COc1ccc(C)cc1CCNC(=O)c1ccccc1-c1ccccc1C#N. The van der Waals surface area contributed by atoms with Crippen LogP contribution in [0.4, 0.5) is 0 Å². The molecular weight excluding hydrogens is 348 g/mol. The van der Waals surface area contributed by atoms with E-state index in [-0.39, 0.29) is 5.91 Å². The Bertz CT molecular complexity index is 1030. The monoisotopic (exact) mass is 370 g/mol. The second-order valence-electron chi connectivity index (χ2n) is 6.52. The van der Waals surface area contributed by atoms with Crippen molar-refractivity contribution in [2.45, 2.75) is 13.3 Å². The molecule has 0 aliphatic rings. The van der Waals surface area contributed by atoms with Crippen LogP contribution in [0.5, 0.6) is 5.75 Å². The number of rotatable bonds is 6. The summed E-state index contributed by atoms with van der Waals surface area (Å²) >= 11 is 0. The first-order chi connectivity index (χ1) is 13.6. The zero-order valence-corrected chi connectivity index (χ0v) is 16.0. The summed E-state index contributed by atoms with van der Waals surface area (Å²) in [7, 11) is 1.65. The lowest BCUT2D eigenvalue weighted by molar-refractivity contribution is 0.0954. The Labute approximate surface area is 165 Å². The molecule has 1 amide bonds. The Kier molecular flexibility index (Phi) is 6.08. The standard InChI is InChI=1S/C24H22N2O2/c1-17-11-12-23(28-2)18(15-17)13-14-26-24(27)22-10-6-5-9-21(22)20-8-4-3-7-19(20)16-25/h3-12,15H,13-14H2,1-2H3,(H,26,27). The Hall–Kier alpha value is -3.58. The van der Waals surface area contributed by atoms with Crippen molar-refractivity contribution in [1.82, 2.24) is 5.32 Å². The molecule has 0 bridgehead atoms. The number of methoxy groups -OCH3 is 1. The quantitative estimate of drug-likeness (QED) is 0.694. The van der Waals surface area contributed by atoms with Gasteiger partial charge in [0.25, 0.3) is 5.91 Å². The number of ether oxygens (including phenoxy) is 1. The molecule has 0 atom stereocenters. The molecule has 0 aliphatic carbocycles. The van der Waals surface area contributed by atoms with Gasteiger partial charge in [-0.2, -0.15) is 5.26 Å². The third-order valence-electron chi connectivity index (χ3n) is 4.63. The molecule has 0 aliphatic heterocycles. The number of nitrogens with zero attached hydrogens (tertiary/aromatic N) is 1. The van der Waals surface area contributed by atoms with Crippen LogP contribution in [-0.4, -0.2) is 19.6 Å². The van der Waals surface area contributed by atoms with E-state index in [1.807, 2.05) is 55.5 Å². The highest BCUT2D eigenvalue weighted by atomic mass is 16.5. The summed E-state index contributed by atoms with van der Waals surface area (Å²) < 4.78 is 5.40. The van der Waals surface area contributed by atoms with Gasteiger partial charge in [0, 0.05) is 17.7 Å². The van der Waals surface area contributed by atoms with Gasteiger partial charge in [-0.1, -0.05) is 54.1 Å². The summed E-state index contributed by atoms with van der Waals surface area (Å²) in [4.78, 5) is 12.8. The molecule has 1 N–H and O–H groups in total. The van der Waals surface area contributed by atoms with E-state index >= 15 is 0 Å². The van der Waals surface area contributed by atoms with E-state index in [0.717, 1.165) is 28.0 Å². The normalized spacial score (nSPS) is 10.2. The van der Waals surface area contributed by atoms with Gasteiger partial charge in [-0.3, -0.25) is 4.79 Å². The lowest BCUT2D eigenvalue weighted by Crippen LogP contribution is -2.26. The second-order valence-corrected chi connectivity index (χ2v) is 6.52. The highest BCUT2D eigenvalue weighted by molar-refractivity contribution is 6.01. The fourth-order valence-corrected chi connectivity index (χ4v) is 3.24. The maximum atomic E-state index is 12.8. The van der Waals surface area contributed by atoms with Crippen LogP contribution < -0.4 is 10.1 Å². The van der Waals surface area contributed by atoms with Crippen LogP contribution in [0.2, 0.25) is 0 Å². The largest absolute Gasteiger partial charge is 0.496 e. The summed E-state index contributed by atoms with van der Waals surface area (Å²) in [5.41, 5.74) is 4.83. The Morgan fingerprint density at radius 3 is 2.50 bits per heavy atom. The molecule has 3 rings (SSSR count). The van der Waals surface area contributed by atoms with E-state index in [4.69, 9.17) is 4.74 Å². The summed E-state index contributed by atoms with van der Waals surface area (Å²) in [5, 5.41) is 12.4. The lowest BCUT2D eigenvalue weighted by Gasteiger charge is -2.13. The van der Waals surface area contributed by atoms with Crippen molar-refractivity contribution in [2.75, 3.05) is 13.7 Å². The number of nitriles is 1. The highest BCUT2D eigenvalue weighted by Crippen LogP contribution is 2.27. The number of hydrogen-bond acceptors (Lipinski definition) is 3. The van der Waals surface area contributed by atoms with Crippen molar-refractivity contribution in [3.05, 3.63) is 89.0 Å². The predicted molar refractivity (Wildman–Crippen MR) is 110 cm³/mol. The first-order valence-electron chi connectivity index (χ1n) is 9.14. The van der Waals surface area contributed by atoms with Crippen LogP contribution in [0, 0.1) is 18.3 Å². The zero-order valence-electron chi connectivity index (χ0n) is 16.0. The molecule has 0 spiro atoms. The van der Waals surface area contributed by atoms with Crippen LogP contribution >= 0.6 is 0 Å². The smallest absolute Gasteiger partial charge is 0.251 e. The van der Waals surface area contributed by atoms with E-state index < -0.39 is 0 Å². The summed E-state index contributed by atoms with van der Waals surface area (Å²) in [6.07, 6.45) is 0.674. The van der Waals surface area contributed by atoms with Crippen molar-refractivity contribution >= 4 is 5.91 Å². The van der Waals surface area contributed by atoms with Gasteiger partial charge >= 0.3 is 0 Å². The Morgan fingerprint density at radius 2 is 1.75 bits per heavy atom. The molecule has 0 fully saturated rings. The molecular formula is C24H22N2O2. The molecule has 0 radical (unpaired) electrons. The van der Waals surface area contributed by atoms with Gasteiger partial charge in [0.15, 0.2) is 0 Å². The first kappa shape index (κ1) is 19.2. The number of aryl methyl sites for hydroxylation is 1. The van der Waals surface area contributed by atoms with Crippen molar-refractivity contribution in [1.29, 1.82) is 5.26 Å². The maximum Gasteiger partial charge on any atom is 0.251 e. The van der Waals surface area contributed by atoms with E-state index in [2.05, 4.69) is 17.5 Å². The summed E-state index contributed by atoms with van der Waals surface area (Å²) in [6, 6.07) is 22.9. The Balaban J connectivity index is 1.78. The molecule has 0 saturated heterocycles. The molecule has 0 aromatic heterocycles. The van der Waals surface area contributed by atoms with Gasteiger partial charge in [-0.15, -0.1) is 0 Å². The minimum absolute atomic E-state index is 0.157.